The third-order valence-corrected chi connectivity index (χ3v) is 4.21. The normalized spacial score (nSPS) is 13.6. The van der Waals surface area contributed by atoms with Crippen molar-refractivity contribution in [1.29, 1.82) is 0 Å². The minimum absolute atomic E-state index is 0.167. The van der Waals surface area contributed by atoms with Gasteiger partial charge >= 0.3 is 0 Å². The van der Waals surface area contributed by atoms with E-state index in [4.69, 9.17) is 4.74 Å². The van der Waals surface area contributed by atoms with Crippen LogP contribution in [-0.4, -0.2) is 19.3 Å². The lowest BCUT2D eigenvalue weighted by atomic mass is 9.83. The van der Waals surface area contributed by atoms with Crippen molar-refractivity contribution in [2.24, 2.45) is 0 Å². The van der Waals surface area contributed by atoms with Gasteiger partial charge in [0.2, 0.25) is 0 Å². The van der Waals surface area contributed by atoms with Crippen LogP contribution in [0.4, 0.5) is 4.39 Å². The van der Waals surface area contributed by atoms with Gasteiger partial charge in [0, 0.05) is 16.6 Å². The Morgan fingerprint density at radius 2 is 1.95 bits per heavy atom. The number of ether oxygens (including phenoxy) is 1. The maximum absolute atomic E-state index is 14.1. The third kappa shape index (κ3) is 3.56. The molecule has 0 aliphatic heterocycles. The molecule has 0 aromatic heterocycles. The molecule has 1 N–H and O–H groups in total. The number of halogens is 2. The van der Waals surface area contributed by atoms with Gasteiger partial charge in [-0.15, -0.1) is 0 Å². The Hall–Kier alpha value is -0.450. The van der Waals surface area contributed by atoms with Crippen molar-refractivity contribution in [1.82, 2.24) is 5.32 Å². The van der Waals surface area contributed by atoms with Gasteiger partial charge in [-0.2, -0.15) is 0 Å². The summed E-state index contributed by atoms with van der Waals surface area (Å²) in [4.78, 5) is 0. The van der Waals surface area contributed by atoms with Gasteiger partial charge in [-0.1, -0.05) is 29.8 Å². The van der Waals surface area contributed by atoms with Gasteiger partial charge in [0.05, 0.1) is 11.6 Å². The van der Waals surface area contributed by atoms with Crippen LogP contribution in [0.2, 0.25) is 0 Å². The summed E-state index contributed by atoms with van der Waals surface area (Å²) in [6.07, 6.45) is 1.66. The summed E-state index contributed by atoms with van der Waals surface area (Å²) in [5.74, 6) is -0.200. The first-order valence-corrected chi connectivity index (χ1v) is 7.60. The van der Waals surface area contributed by atoms with Crippen LogP contribution in [0.3, 0.4) is 0 Å². The molecule has 0 aliphatic rings. The molecule has 1 unspecified atom stereocenters. The second kappa shape index (κ2) is 7.36. The maximum Gasteiger partial charge on any atom is 0.128 e. The quantitative estimate of drug-likeness (QED) is 0.797. The largest absolute Gasteiger partial charge is 0.373 e. The molecule has 0 heterocycles. The summed E-state index contributed by atoms with van der Waals surface area (Å²) in [7, 11) is 1.85. The molecule has 0 saturated carbocycles. The van der Waals surface area contributed by atoms with Crippen molar-refractivity contribution in [2.75, 3.05) is 13.7 Å². The average molecular weight is 332 g/mol. The Kier molecular flexibility index (Phi) is 6.43. The van der Waals surface area contributed by atoms with Gasteiger partial charge in [-0.05, 0) is 45.0 Å². The SMILES string of the molecule is CCOC(CC)(CC)C(NC)c1cc(Br)ccc1F. The molecule has 0 amide bonds. The highest BCUT2D eigenvalue weighted by atomic mass is 79.9. The van der Waals surface area contributed by atoms with E-state index in [1.54, 1.807) is 6.07 Å². The van der Waals surface area contributed by atoms with E-state index in [1.807, 2.05) is 20.0 Å². The predicted molar refractivity (Wildman–Crippen MR) is 80.8 cm³/mol. The van der Waals surface area contributed by atoms with E-state index in [1.165, 1.54) is 6.07 Å². The lowest BCUT2D eigenvalue weighted by molar-refractivity contribution is -0.0724. The molecule has 1 aromatic carbocycles. The van der Waals surface area contributed by atoms with Crippen LogP contribution in [0.1, 0.15) is 45.2 Å². The Labute approximate surface area is 123 Å². The zero-order valence-corrected chi connectivity index (χ0v) is 13.7. The van der Waals surface area contributed by atoms with E-state index < -0.39 is 0 Å². The summed E-state index contributed by atoms with van der Waals surface area (Å²) in [5.41, 5.74) is 0.263. The van der Waals surface area contributed by atoms with Gasteiger partial charge in [-0.3, -0.25) is 0 Å². The molecule has 1 aromatic rings. The Morgan fingerprint density at radius 1 is 1.32 bits per heavy atom. The highest BCUT2D eigenvalue weighted by Gasteiger charge is 2.38. The highest BCUT2D eigenvalue weighted by molar-refractivity contribution is 9.10. The molecule has 4 heteroatoms. The van der Waals surface area contributed by atoms with Gasteiger partial charge in [0.1, 0.15) is 5.82 Å². The summed E-state index contributed by atoms with van der Waals surface area (Å²) in [5, 5.41) is 3.23. The van der Waals surface area contributed by atoms with Gasteiger partial charge in [0.25, 0.3) is 0 Å². The molecule has 0 spiro atoms. The molecular weight excluding hydrogens is 309 g/mol. The maximum atomic E-state index is 14.1. The van der Waals surface area contributed by atoms with Crippen LogP contribution in [-0.2, 0) is 4.74 Å². The number of hydrogen-bond donors (Lipinski definition) is 1. The van der Waals surface area contributed by atoms with E-state index in [0.717, 1.165) is 17.3 Å². The van der Waals surface area contributed by atoms with Crippen LogP contribution in [0.25, 0.3) is 0 Å². The van der Waals surface area contributed by atoms with Crippen molar-refractivity contribution in [2.45, 2.75) is 45.3 Å². The fourth-order valence-electron chi connectivity index (χ4n) is 2.67. The minimum atomic E-state index is -0.384. The Balaban J connectivity index is 3.26. The van der Waals surface area contributed by atoms with Gasteiger partial charge < -0.3 is 10.1 Å². The zero-order chi connectivity index (χ0) is 14.5. The van der Waals surface area contributed by atoms with Crippen LogP contribution in [0.15, 0.2) is 22.7 Å². The van der Waals surface area contributed by atoms with E-state index in [-0.39, 0.29) is 17.5 Å². The number of nitrogens with one attached hydrogen (secondary N) is 1. The summed E-state index contributed by atoms with van der Waals surface area (Å²) >= 11 is 3.41. The topological polar surface area (TPSA) is 21.3 Å². The summed E-state index contributed by atoms with van der Waals surface area (Å²) in [6, 6.07) is 4.87. The van der Waals surface area contributed by atoms with Crippen LogP contribution >= 0.6 is 15.9 Å². The van der Waals surface area contributed by atoms with Gasteiger partial charge in [0.15, 0.2) is 0 Å². The van der Waals surface area contributed by atoms with Crippen LogP contribution in [0.5, 0.6) is 0 Å². The van der Waals surface area contributed by atoms with Crippen molar-refractivity contribution >= 4 is 15.9 Å². The molecule has 0 bridgehead atoms. The highest BCUT2D eigenvalue weighted by Crippen LogP contribution is 2.37. The monoisotopic (exact) mass is 331 g/mol. The standard InChI is InChI=1S/C15H23BrFNO/c1-5-15(6-2,19-7-3)14(18-4)12-10-11(16)8-9-13(12)17/h8-10,14,18H,5-7H2,1-4H3. The molecule has 0 saturated heterocycles. The summed E-state index contributed by atoms with van der Waals surface area (Å²) in [6.45, 7) is 6.76. The summed E-state index contributed by atoms with van der Waals surface area (Å²) < 4.78 is 21.0. The Bertz CT molecular complexity index is 407. The smallest absolute Gasteiger partial charge is 0.128 e. The molecule has 0 fully saturated rings. The number of likely N-dealkylation sites (N-methyl/N-ethyl adjacent to an activating group) is 1. The predicted octanol–water partition coefficient (Wildman–Crippen LogP) is 4.44. The molecule has 1 atom stereocenters. The minimum Gasteiger partial charge on any atom is -0.373 e. The number of benzene rings is 1. The van der Waals surface area contributed by atoms with E-state index >= 15 is 0 Å². The van der Waals surface area contributed by atoms with Crippen molar-refractivity contribution < 1.29 is 9.13 Å². The van der Waals surface area contributed by atoms with Crippen LogP contribution in [0, 0.1) is 5.82 Å². The molecule has 19 heavy (non-hydrogen) atoms. The third-order valence-electron chi connectivity index (χ3n) is 3.71. The van der Waals surface area contributed by atoms with Gasteiger partial charge in [-0.25, -0.2) is 4.39 Å². The Morgan fingerprint density at radius 3 is 2.42 bits per heavy atom. The average Bonchev–Trinajstić information content (AvgIpc) is 2.42. The van der Waals surface area contributed by atoms with E-state index in [2.05, 4.69) is 35.1 Å². The van der Waals surface area contributed by atoms with Crippen molar-refractivity contribution in [3.8, 4) is 0 Å². The number of rotatable bonds is 7. The lowest BCUT2D eigenvalue weighted by Gasteiger charge is -2.39. The fraction of sp³-hybridized carbons (Fsp3) is 0.600. The first kappa shape index (κ1) is 16.6. The van der Waals surface area contributed by atoms with E-state index in [9.17, 15) is 4.39 Å². The second-order valence-electron chi connectivity index (χ2n) is 4.59. The van der Waals surface area contributed by atoms with Crippen molar-refractivity contribution in [3.63, 3.8) is 0 Å². The fourth-order valence-corrected chi connectivity index (χ4v) is 3.05. The molecule has 1 rings (SSSR count). The molecule has 0 radical (unpaired) electrons. The second-order valence-corrected chi connectivity index (χ2v) is 5.51. The lowest BCUT2D eigenvalue weighted by Crippen LogP contribution is -2.44. The molecule has 2 nitrogen and oxygen atoms in total. The van der Waals surface area contributed by atoms with Crippen LogP contribution < -0.4 is 5.32 Å². The first-order chi connectivity index (χ1) is 9.04. The van der Waals surface area contributed by atoms with Crippen molar-refractivity contribution in [3.05, 3.63) is 34.1 Å². The molecule has 0 aliphatic carbocycles. The zero-order valence-electron chi connectivity index (χ0n) is 12.1. The first-order valence-electron chi connectivity index (χ1n) is 6.80. The van der Waals surface area contributed by atoms with E-state index in [0.29, 0.717) is 12.2 Å². The number of hydrogen-bond acceptors (Lipinski definition) is 2. The molecular formula is C15H23BrFNO. The molecule has 108 valence electrons.